The van der Waals surface area contributed by atoms with Crippen LogP contribution in [-0.2, 0) is 11.2 Å². The van der Waals surface area contributed by atoms with Gasteiger partial charge in [0.2, 0.25) is 11.8 Å². The van der Waals surface area contributed by atoms with Gasteiger partial charge in [0, 0.05) is 5.56 Å². The number of hydrogen-bond acceptors (Lipinski definition) is 4. The number of hydrogen-bond donors (Lipinski definition) is 1. The van der Waals surface area contributed by atoms with Crippen LogP contribution in [0.1, 0.15) is 5.69 Å². The van der Waals surface area contributed by atoms with Gasteiger partial charge in [-0.15, -0.1) is 0 Å². The SMILES string of the molecule is O=C(Cc1coc(-c2ccccc2)n1)Nc1ccccc1OC(F)F. The molecule has 0 radical (unpaired) electrons. The molecule has 1 aromatic heterocycles. The lowest BCUT2D eigenvalue weighted by Crippen LogP contribution is -2.16. The highest BCUT2D eigenvalue weighted by molar-refractivity contribution is 5.93. The van der Waals surface area contributed by atoms with Gasteiger partial charge < -0.3 is 14.5 Å². The molecular formula is C18H14F2N2O3. The number of nitrogens with zero attached hydrogens (tertiary/aromatic N) is 1. The van der Waals surface area contributed by atoms with Crippen molar-refractivity contribution in [2.24, 2.45) is 0 Å². The van der Waals surface area contributed by atoms with Crippen LogP contribution >= 0.6 is 0 Å². The molecule has 0 aliphatic rings. The third-order valence-electron chi connectivity index (χ3n) is 3.29. The van der Waals surface area contributed by atoms with E-state index in [1.54, 1.807) is 6.07 Å². The highest BCUT2D eigenvalue weighted by atomic mass is 19.3. The van der Waals surface area contributed by atoms with Gasteiger partial charge in [-0.25, -0.2) is 4.98 Å². The Morgan fingerprint density at radius 3 is 2.60 bits per heavy atom. The van der Waals surface area contributed by atoms with Crippen LogP contribution in [0.25, 0.3) is 11.5 Å². The fourth-order valence-corrected chi connectivity index (χ4v) is 2.23. The van der Waals surface area contributed by atoms with Crippen molar-refractivity contribution in [3.8, 4) is 17.2 Å². The number of alkyl halides is 2. The number of anilines is 1. The molecule has 25 heavy (non-hydrogen) atoms. The van der Waals surface area contributed by atoms with Gasteiger partial charge in [0.05, 0.1) is 17.8 Å². The van der Waals surface area contributed by atoms with Crippen molar-refractivity contribution in [3.63, 3.8) is 0 Å². The summed E-state index contributed by atoms with van der Waals surface area (Å²) in [5.74, 6) is -0.112. The number of rotatable bonds is 6. The summed E-state index contributed by atoms with van der Waals surface area (Å²) in [6.07, 6.45) is 1.34. The molecule has 7 heteroatoms. The van der Waals surface area contributed by atoms with Gasteiger partial charge in [-0.3, -0.25) is 4.79 Å². The summed E-state index contributed by atoms with van der Waals surface area (Å²) >= 11 is 0. The van der Waals surface area contributed by atoms with Crippen molar-refractivity contribution in [2.45, 2.75) is 13.0 Å². The number of carbonyl (C=O) groups is 1. The second-order valence-corrected chi connectivity index (χ2v) is 5.11. The molecule has 0 spiro atoms. The van der Waals surface area contributed by atoms with Gasteiger partial charge in [0.25, 0.3) is 0 Å². The number of oxazole rings is 1. The molecule has 3 rings (SSSR count). The van der Waals surface area contributed by atoms with Gasteiger partial charge in [-0.05, 0) is 24.3 Å². The molecule has 0 aliphatic carbocycles. The molecule has 0 unspecified atom stereocenters. The number of para-hydroxylation sites is 2. The molecule has 0 saturated carbocycles. The van der Waals surface area contributed by atoms with E-state index in [-0.39, 0.29) is 17.9 Å². The number of ether oxygens (including phenoxy) is 1. The topological polar surface area (TPSA) is 64.4 Å². The zero-order valence-electron chi connectivity index (χ0n) is 13.0. The van der Waals surface area contributed by atoms with Gasteiger partial charge in [0.15, 0.2) is 0 Å². The number of nitrogens with one attached hydrogen (secondary N) is 1. The maximum atomic E-state index is 12.4. The monoisotopic (exact) mass is 344 g/mol. The Hall–Kier alpha value is -3.22. The lowest BCUT2D eigenvalue weighted by atomic mass is 10.2. The molecule has 0 fully saturated rings. The Bertz CT molecular complexity index is 850. The van der Waals surface area contributed by atoms with E-state index in [2.05, 4.69) is 15.0 Å². The summed E-state index contributed by atoms with van der Waals surface area (Å²) in [4.78, 5) is 16.4. The second kappa shape index (κ2) is 7.57. The lowest BCUT2D eigenvalue weighted by molar-refractivity contribution is -0.115. The quantitative estimate of drug-likeness (QED) is 0.730. The minimum atomic E-state index is -2.97. The summed E-state index contributed by atoms with van der Waals surface area (Å²) in [6, 6.07) is 15.2. The van der Waals surface area contributed by atoms with Crippen LogP contribution in [0.3, 0.4) is 0 Å². The molecule has 5 nitrogen and oxygen atoms in total. The maximum Gasteiger partial charge on any atom is 0.387 e. The second-order valence-electron chi connectivity index (χ2n) is 5.11. The fourth-order valence-electron chi connectivity index (χ4n) is 2.23. The van der Waals surface area contributed by atoms with Crippen LogP contribution in [0.4, 0.5) is 14.5 Å². The van der Waals surface area contributed by atoms with Gasteiger partial charge in [0.1, 0.15) is 12.0 Å². The summed E-state index contributed by atoms with van der Waals surface area (Å²) in [5.41, 5.74) is 1.40. The van der Waals surface area contributed by atoms with Crippen LogP contribution in [0.15, 0.2) is 65.3 Å². The maximum absolute atomic E-state index is 12.4. The molecular weight excluding hydrogens is 330 g/mol. The van der Waals surface area contributed by atoms with Crippen LogP contribution in [0.2, 0.25) is 0 Å². The van der Waals surface area contributed by atoms with Gasteiger partial charge in [-0.2, -0.15) is 8.78 Å². The van der Waals surface area contributed by atoms with Crippen LogP contribution in [0, 0.1) is 0 Å². The Balaban J connectivity index is 1.67. The third kappa shape index (κ3) is 4.41. The normalized spacial score (nSPS) is 10.7. The van der Waals surface area contributed by atoms with Crippen molar-refractivity contribution in [1.29, 1.82) is 0 Å². The minimum Gasteiger partial charge on any atom is -0.444 e. The van der Waals surface area contributed by atoms with Crippen molar-refractivity contribution in [1.82, 2.24) is 4.98 Å². The summed E-state index contributed by atoms with van der Waals surface area (Å²) < 4.78 is 34.5. The molecule has 0 atom stereocenters. The first kappa shape index (κ1) is 16.6. The molecule has 2 aromatic carbocycles. The molecule has 0 saturated heterocycles. The van der Waals surface area contributed by atoms with E-state index < -0.39 is 12.5 Å². The Morgan fingerprint density at radius 1 is 1.12 bits per heavy atom. The molecule has 0 bridgehead atoms. The summed E-state index contributed by atoms with van der Waals surface area (Å²) in [5, 5.41) is 2.53. The minimum absolute atomic E-state index is 0.0562. The predicted molar refractivity (Wildman–Crippen MR) is 87.3 cm³/mol. The number of aromatic nitrogens is 1. The van der Waals surface area contributed by atoms with E-state index in [0.29, 0.717) is 11.6 Å². The lowest BCUT2D eigenvalue weighted by Gasteiger charge is -2.11. The molecule has 1 N–H and O–H groups in total. The van der Waals surface area contributed by atoms with Crippen LogP contribution in [0.5, 0.6) is 5.75 Å². The van der Waals surface area contributed by atoms with Crippen LogP contribution in [-0.4, -0.2) is 17.5 Å². The predicted octanol–water partition coefficient (Wildman–Crippen LogP) is 4.12. The van der Waals surface area contributed by atoms with E-state index in [1.165, 1.54) is 24.5 Å². The first-order valence-corrected chi connectivity index (χ1v) is 7.45. The van der Waals surface area contributed by atoms with Crippen molar-refractivity contribution >= 4 is 11.6 Å². The highest BCUT2D eigenvalue weighted by Crippen LogP contribution is 2.25. The van der Waals surface area contributed by atoms with Crippen molar-refractivity contribution in [2.75, 3.05) is 5.32 Å². The van der Waals surface area contributed by atoms with Gasteiger partial charge >= 0.3 is 6.61 Å². The van der Waals surface area contributed by atoms with E-state index in [4.69, 9.17) is 4.42 Å². The highest BCUT2D eigenvalue weighted by Gasteiger charge is 2.14. The van der Waals surface area contributed by atoms with E-state index in [9.17, 15) is 13.6 Å². The number of carbonyl (C=O) groups excluding carboxylic acids is 1. The zero-order chi connectivity index (χ0) is 17.6. The Morgan fingerprint density at radius 2 is 1.84 bits per heavy atom. The first-order valence-electron chi connectivity index (χ1n) is 7.45. The molecule has 128 valence electrons. The van der Waals surface area contributed by atoms with E-state index in [0.717, 1.165) is 5.56 Å². The average Bonchev–Trinajstić information content (AvgIpc) is 3.05. The molecule has 1 heterocycles. The first-order chi connectivity index (χ1) is 12.1. The molecule has 1 amide bonds. The standard InChI is InChI=1S/C18H14F2N2O3/c19-18(20)25-15-9-5-4-8-14(15)22-16(23)10-13-11-24-17(21-13)12-6-2-1-3-7-12/h1-9,11,18H,10H2,(H,22,23). The Kier molecular flexibility index (Phi) is 5.03. The average molecular weight is 344 g/mol. The number of benzene rings is 2. The smallest absolute Gasteiger partial charge is 0.387 e. The third-order valence-corrected chi connectivity index (χ3v) is 3.29. The Labute approximate surface area is 142 Å². The molecule has 0 aliphatic heterocycles. The largest absolute Gasteiger partial charge is 0.444 e. The molecule has 3 aromatic rings. The van der Waals surface area contributed by atoms with Crippen molar-refractivity contribution in [3.05, 3.63) is 66.6 Å². The van der Waals surface area contributed by atoms with E-state index >= 15 is 0 Å². The summed E-state index contributed by atoms with van der Waals surface area (Å²) in [6.45, 7) is -2.97. The van der Waals surface area contributed by atoms with E-state index in [1.807, 2.05) is 30.3 Å². The summed E-state index contributed by atoms with van der Waals surface area (Å²) in [7, 11) is 0. The van der Waals surface area contributed by atoms with Crippen molar-refractivity contribution < 1.29 is 22.7 Å². The van der Waals surface area contributed by atoms with Gasteiger partial charge in [-0.1, -0.05) is 30.3 Å². The van der Waals surface area contributed by atoms with Crippen LogP contribution < -0.4 is 10.1 Å². The number of halogens is 2. The number of amides is 1. The fraction of sp³-hybridized carbons (Fsp3) is 0.111. The zero-order valence-corrected chi connectivity index (χ0v) is 13.0.